The van der Waals surface area contributed by atoms with Crippen LogP contribution in [0.2, 0.25) is 0 Å². The lowest BCUT2D eigenvalue weighted by molar-refractivity contribution is -0.219. The van der Waals surface area contributed by atoms with Crippen LogP contribution in [0.15, 0.2) is 0 Å². The van der Waals surface area contributed by atoms with Crippen LogP contribution in [-0.2, 0) is 124 Å². The molecule has 0 aromatic rings. The summed E-state index contributed by atoms with van der Waals surface area (Å²) in [7, 11) is 0. The Morgan fingerprint density at radius 1 is 0.439 bits per heavy atom. The van der Waals surface area contributed by atoms with E-state index in [1.54, 1.807) is 20.8 Å². The highest BCUT2D eigenvalue weighted by molar-refractivity contribution is 5.85. The molecule has 0 aromatic heterocycles. The first kappa shape index (κ1) is 103. The minimum absolute atomic E-state index is 0. The van der Waals surface area contributed by atoms with Crippen LogP contribution in [-0.4, -0.2) is 158 Å². The van der Waals surface area contributed by atoms with Gasteiger partial charge in [-0.15, -0.1) is 0 Å². The van der Waals surface area contributed by atoms with Crippen LogP contribution in [0.3, 0.4) is 0 Å². The molecule has 0 aromatic carbocycles. The average molecular weight is 1620 g/mol. The second kappa shape index (κ2) is 40.0. The summed E-state index contributed by atoms with van der Waals surface area (Å²) >= 11 is 0. The number of cyclic esters (lactones) is 4. The molecule has 8 bridgehead atoms. The van der Waals surface area contributed by atoms with Crippen molar-refractivity contribution in [3.8, 4) is 0 Å². The summed E-state index contributed by atoms with van der Waals surface area (Å²) in [5.41, 5.74) is -4.81. The van der Waals surface area contributed by atoms with Crippen molar-refractivity contribution in [3.05, 3.63) is 0 Å². The zero-order valence-electron chi connectivity index (χ0n) is 67.8. The Balaban J connectivity index is 0.000000467. The predicted octanol–water partition coefficient (Wildman–Crippen LogP) is 15.7. The van der Waals surface area contributed by atoms with Gasteiger partial charge in [-0.1, -0.05) is 93.0 Å². The summed E-state index contributed by atoms with van der Waals surface area (Å²) in [6, 6.07) is 0. The van der Waals surface area contributed by atoms with Gasteiger partial charge in [0.1, 0.15) is 48.3 Å². The molecule has 0 amide bonds. The third-order valence-electron chi connectivity index (χ3n) is 26.3. The molecule has 114 heavy (non-hydrogen) atoms. The van der Waals surface area contributed by atoms with E-state index in [9.17, 15) is 62.3 Å². The van der Waals surface area contributed by atoms with Gasteiger partial charge in [0, 0.05) is 49.4 Å². The Labute approximate surface area is 681 Å². The lowest BCUT2D eigenvalue weighted by atomic mass is 9.48. The molecule has 17 atom stereocenters. The van der Waals surface area contributed by atoms with E-state index in [-0.39, 0.29) is 184 Å². The first-order chi connectivity index (χ1) is 50.2. The van der Waals surface area contributed by atoms with Gasteiger partial charge in [0.05, 0.1) is 82.4 Å². The molecule has 8 saturated carbocycles. The number of carbonyl (C=O) groups excluding carboxylic acids is 13. The molecule has 6 heterocycles. The van der Waals surface area contributed by atoms with Crippen molar-refractivity contribution in [2.75, 3.05) is 26.4 Å². The molecule has 8 aliphatic carbocycles. The fraction of sp³-hybridized carbons (Fsp3) is 0.852. The molecule has 6 aliphatic heterocycles. The van der Waals surface area contributed by atoms with Gasteiger partial charge in [-0.05, 0) is 198 Å². The van der Waals surface area contributed by atoms with Crippen molar-refractivity contribution in [2.45, 2.75) is 365 Å². The lowest BCUT2D eigenvalue weighted by Gasteiger charge is -2.60. The van der Waals surface area contributed by atoms with Gasteiger partial charge in [0.25, 0.3) is 0 Å². The van der Waals surface area contributed by atoms with Gasteiger partial charge in [-0.2, -0.15) is 0 Å². The molecule has 26 heteroatoms. The molecular formula is C88H148O26. The summed E-state index contributed by atoms with van der Waals surface area (Å²) in [5, 5.41) is 0. The molecule has 6 saturated heterocycles. The van der Waals surface area contributed by atoms with Crippen LogP contribution in [0.1, 0.15) is 311 Å². The second-order valence-corrected chi connectivity index (χ2v) is 36.8. The first-order valence-electron chi connectivity index (χ1n) is 39.8. The molecule has 656 valence electrons. The predicted molar refractivity (Wildman–Crippen MR) is 425 cm³/mol. The molecule has 17 unspecified atom stereocenters. The van der Waals surface area contributed by atoms with Gasteiger partial charge >= 0.3 is 77.6 Å². The third-order valence-corrected chi connectivity index (χ3v) is 26.3. The van der Waals surface area contributed by atoms with Crippen molar-refractivity contribution in [3.63, 3.8) is 0 Å². The van der Waals surface area contributed by atoms with Crippen molar-refractivity contribution in [1.29, 1.82) is 0 Å². The van der Waals surface area contributed by atoms with E-state index in [4.69, 9.17) is 61.6 Å². The zero-order valence-corrected chi connectivity index (χ0v) is 67.8. The van der Waals surface area contributed by atoms with Crippen LogP contribution < -0.4 is 0 Å². The van der Waals surface area contributed by atoms with E-state index in [0.29, 0.717) is 101 Å². The maximum Gasteiger partial charge on any atom is 0.347 e. The number of esters is 13. The normalized spacial score (nSPS) is 32.2. The standard InChI is InChI=1S/C21H30O6.C15H22O4.C14H20O4.C12H20O4.2C10H16O4.6CH4/c1-4-19(2,3)17(23)27-21-10-13-7-14(11-21)9-20(8-13,12-21)18(24)26-15-5-6-25-16(15)22;1-5-15(3,4)14(17)19-11-8-6-9-10(7(8)2)13(16)18-12(9)11;1-4-14(2,3)13(16)18-10-7-5-8-9(6-7)12(15)17-11(8)10;1-5-11(2,3)10(14)16-12(4)6-7-15-9(13)8-12;1-4-10(2,3)9(12)14-7-5-8(11)13-6-7;1-4-10(2,3)9(12)14-7-5-6-13-8(7)11;;;;;;/h13-15H,4-12H2,1-3H3;7-12H,5-6H2,1-4H3;7-11H,4-6H2,1-3H3;5-8H2,1-4H3;2*7H,4-6H2,1-3H3;6*1H4. The number of rotatable bonds is 20. The van der Waals surface area contributed by atoms with E-state index in [1.807, 2.05) is 111 Å². The summed E-state index contributed by atoms with van der Waals surface area (Å²) < 4.78 is 68.8. The first-order valence-corrected chi connectivity index (χ1v) is 39.8. The van der Waals surface area contributed by atoms with Crippen LogP contribution >= 0.6 is 0 Å². The van der Waals surface area contributed by atoms with E-state index >= 15 is 0 Å². The molecule has 14 fully saturated rings. The Hall–Kier alpha value is -6.89. The molecule has 0 radical (unpaired) electrons. The van der Waals surface area contributed by atoms with Gasteiger partial charge in [0.15, 0.2) is 0 Å². The van der Waals surface area contributed by atoms with E-state index in [0.717, 1.165) is 64.2 Å². The van der Waals surface area contributed by atoms with Gasteiger partial charge < -0.3 is 61.6 Å². The van der Waals surface area contributed by atoms with Crippen LogP contribution in [0.4, 0.5) is 0 Å². The smallest absolute Gasteiger partial charge is 0.347 e. The lowest BCUT2D eigenvalue weighted by Crippen LogP contribution is -2.60. The zero-order chi connectivity index (χ0) is 80.4. The second-order valence-electron chi connectivity index (χ2n) is 36.8. The maximum atomic E-state index is 13.1. The highest BCUT2D eigenvalue weighted by atomic mass is 16.6. The van der Waals surface area contributed by atoms with E-state index in [2.05, 4.69) is 6.92 Å². The van der Waals surface area contributed by atoms with Crippen molar-refractivity contribution in [1.82, 2.24) is 0 Å². The number of hydrogen-bond acceptors (Lipinski definition) is 26. The number of carbonyl (C=O) groups is 13. The number of hydrogen-bond donors (Lipinski definition) is 0. The Kier molecular flexibility index (Phi) is 36.2. The highest BCUT2D eigenvalue weighted by Crippen LogP contribution is 2.64. The molecule has 0 N–H and O–H groups in total. The Bertz CT molecular complexity index is 3360. The van der Waals surface area contributed by atoms with E-state index in [1.165, 1.54) is 0 Å². The maximum absolute atomic E-state index is 13.1. The molecule has 14 rings (SSSR count). The van der Waals surface area contributed by atoms with Gasteiger partial charge in [-0.25, -0.2) is 9.59 Å². The van der Waals surface area contributed by atoms with Crippen LogP contribution in [0.25, 0.3) is 0 Å². The molecule has 14 aliphatic rings. The van der Waals surface area contributed by atoms with E-state index < -0.39 is 73.3 Å². The van der Waals surface area contributed by atoms with Crippen molar-refractivity contribution < 1.29 is 124 Å². The molecule has 26 nitrogen and oxygen atoms in total. The van der Waals surface area contributed by atoms with Crippen LogP contribution in [0, 0.1) is 91.2 Å². The van der Waals surface area contributed by atoms with Gasteiger partial charge in [0.2, 0.25) is 12.2 Å². The topological polar surface area (TPSA) is 342 Å². The fourth-order valence-electron chi connectivity index (χ4n) is 16.7. The molecular weight excluding hydrogens is 1470 g/mol. The Morgan fingerprint density at radius 2 is 0.877 bits per heavy atom. The summed E-state index contributed by atoms with van der Waals surface area (Å²) in [6.45, 7) is 39.1. The average Bonchev–Trinajstić information content (AvgIpc) is 0.949. The summed E-state index contributed by atoms with van der Waals surface area (Å²) in [4.78, 5) is 153. The Morgan fingerprint density at radius 3 is 1.33 bits per heavy atom. The van der Waals surface area contributed by atoms with Crippen LogP contribution in [0.5, 0.6) is 0 Å². The summed E-state index contributed by atoms with van der Waals surface area (Å²) in [5.74, 6) is -0.908. The quantitative estimate of drug-likeness (QED) is 0.0807. The minimum Gasteiger partial charge on any atom is -0.465 e. The number of ether oxygens (including phenoxy) is 13. The monoisotopic (exact) mass is 1620 g/mol. The summed E-state index contributed by atoms with van der Waals surface area (Å²) in [6.07, 6.45) is 11.2. The SMILES string of the molecule is C.C.C.C.C.C.CCC(C)(C)C(=O)OC1(C)CCOC(=O)C1.CCC(C)(C)C(=O)OC12CC3CC(C1)CC(C(=O)OC1CCOC1=O)(C3)C2.CCC(C)(C)C(=O)OC1C2CC3C(=O)OC1C3C2.CCC(C)(C)C(=O)OC1C2CC3C1OC(=O)C3C2C.CCC(C)(C)C(=O)OC1CCOC1=O.CCC(C)(C)C(=O)OC1COC(=O)C1. The largest absolute Gasteiger partial charge is 0.465 e. The third kappa shape index (κ3) is 23.1. The van der Waals surface area contributed by atoms with Crippen molar-refractivity contribution in [2.24, 2.45) is 91.2 Å². The van der Waals surface area contributed by atoms with Gasteiger partial charge in [-0.3, -0.25) is 52.7 Å². The van der Waals surface area contributed by atoms with Crippen molar-refractivity contribution >= 4 is 77.6 Å². The fourth-order valence-corrected chi connectivity index (χ4v) is 16.7. The molecule has 0 spiro atoms. The highest BCUT2D eigenvalue weighted by Gasteiger charge is 2.68. The minimum atomic E-state index is -0.775. The number of fused-ring (bicyclic) bond motifs is 2.